The van der Waals surface area contributed by atoms with E-state index in [4.69, 9.17) is 5.73 Å². The largest absolute Gasteiger partial charge is 0.487 e. The molecule has 14 heteroatoms. The van der Waals surface area contributed by atoms with Crippen molar-refractivity contribution < 1.29 is 36.8 Å². The molecule has 10 nitrogen and oxygen atoms in total. The summed E-state index contributed by atoms with van der Waals surface area (Å²) in [5.74, 6) is -7.51. The van der Waals surface area contributed by atoms with E-state index in [9.17, 15) is 42.1 Å². The number of carbonyl (C=O) groups is 2. The van der Waals surface area contributed by atoms with Gasteiger partial charge in [0.1, 0.15) is 11.6 Å². The van der Waals surface area contributed by atoms with E-state index in [2.05, 4.69) is 4.74 Å². The van der Waals surface area contributed by atoms with E-state index in [1.165, 1.54) is 0 Å². The van der Waals surface area contributed by atoms with Crippen LogP contribution in [-0.2, 0) is 0 Å². The molecule has 0 bridgehead atoms. The van der Waals surface area contributed by atoms with Crippen LogP contribution in [0.2, 0.25) is 0 Å². The van der Waals surface area contributed by atoms with Gasteiger partial charge in [-0.1, -0.05) is 0 Å². The zero-order chi connectivity index (χ0) is 22.4. The monoisotopic (exact) mass is 430 g/mol. The molecule has 0 unspecified atom stereocenters. The molecule has 30 heavy (non-hydrogen) atoms. The highest BCUT2D eigenvalue weighted by Gasteiger charge is 2.42. The average molecular weight is 430 g/mol. The maximum atomic E-state index is 13.1. The van der Waals surface area contributed by atoms with E-state index in [0.29, 0.717) is 10.6 Å². The minimum atomic E-state index is -4.54. The summed E-state index contributed by atoms with van der Waals surface area (Å²) < 4.78 is 56.0. The van der Waals surface area contributed by atoms with Crippen molar-refractivity contribution in [2.75, 3.05) is 12.3 Å². The number of nitro groups is 1. The lowest BCUT2D eigenvalue weighted by Crippen LogP contribution is -2.33. The molecule has 2 amide bonds. The fraction of sp³-hybridized carbons (Fsp3) is 0.188. The number of alkyl halides is 4. The Kier molecular flexibility index (Phi) is 4.93. The summed E-state index contributed by atoms with van der Waals surface area (Å²) >= 11 is 0. The van der Waals surface area contributed by atoms with Crippen LogP contribution in [0.5, 0.6) is 5.75 Å². The van der Waals surface area contributed by atoms with Gasteiger partial charge in [0.05, 0.1) is 27.8 Å². The highest BCUT2D eigenvalue weighted by atomic mass is 19.3. The molecule has 0 spiro atoms. The highest BCUT2D eigenvalue weighted by Crippen LogP contribution is 2.30. The van der Waals surface area contributed by atoms with Crippen molar-refractivity contribution in [3.05, 3.63) is 55.9 Å². The predicted molar refractivity (Wildman–Crippen MR) is 91.3 cm³/mol. The topological polar surface area (TPSA) is 147 Å². The first kappa shape index (κ1) is 20.8. The second kappa shape index (κ2) is 7.13. The lowest BCUT2D eigenvalue weighted by molar-refractivity contribution is -0.384. The lowest BCUT2D eigenvalue weighted by atomic mass is 10.1. The molecule has 3 N–H and O–H groups in total. The number of nitrogens with one attached hydrogen (secondary N) is 1. The molecule has 0 fully saturated rings. The van der Waals surface area contributed by atoms with E-state index in [1.807, 2.05) is 5.32 Å². The molecule has 2 aromatic rings. The normalized spacial score (nSPS) is 13.4. The number of fused-ring (bicyclic) bond motifs is 1. The Morgan fingerprint density at radius 3 is 2.43 bits per heavy atom. The number of pyridine rings is 1. The molecule has 1 aromatic heterocycles. The molecule has 3 rings (SSSR count). The smallest absolute Gasteiger partial charge is 0.340 e. The van der Waals surface area contributed by atoms with E-state index >= 15 is 0 Å². The number of imide groups is 1. The molecule has 2 heterocycles. The molecule has 1 aliphatic heterocycles. The second-order valence-corrected chi connectivity index (χ2v) is 6.07. The van der Waals surface area contributed by atoms with E-state index in [0.717, 1.165) is 18.2 Å². The first-order valence-corrected chi connectivity index (χ1v) is 7.92. The Balaban J connectivity index is 2.13. The number of amides is 2. The number of hydrogen-bond acceptors (Lipinski definition) is 7. The minimum absolute atomic E-state index is 0.308. The number of anilines is 1. The van der Waals surface area contributed by atoms with Crippen LogP contribution in [0.1, 0.15) is 20.7 Å². The third kappa shape index (κ3) is 3.54. The quantitative estimate of drug-likeness (QED) is 0.305. The maximum Gasteiger partial charge on any atom is 0.340 e. The van der Waals surface area contributed by atoms with Crippen molar-refractivity contribution in [2.45, 2.75) is 12.3 Å². The van der Waals surface area contributed by atoms with Gasteiger partial charge in [0.15, 0.2) is 6.61 Å². The number of rotatable bonds is 6. The van der Waals surface area contributed by atoms with Crippen LogP contribution >= 0.6 is 0 Å². The molecule has 1 aliphatic rings. The number of nitro benzene ring substituents is 1. The fourth-order valence-electron chi connectivity index (χ4n) is 2.67. The van der Waals surface area contributed by atoms with Crippen molar-refractivity contribution in [1.82, 2.24) is 9.88 Å². The number of halogens is 4. The summed E-state index contributed by atoms with van der Waals surface area (Å²) in [6.07, 6.45) is -4.04. The van der Waals surface area contributed by atoms with Gasteiger partial charge >= 0.3 is 12.3 Å². The van der Waals surface area contributed by atoms with Crippen LogP contribution in [0.3, 0.4) is 0 Å². The van der Waals surface area contributed by atoms with Gasteiger partial charge in [0.25, 0.3) is 23.1 Å². The Hall–Kier alpha value is -3.97. The molecule has 0 saturated carbocycles. The van der Waals surface area contributed by atoms with Crippen molar-refractivity contribution in [2.24, 2.45) is 0 Å². The molecule has 158 valence electrons. The minimum Gasteiger partial charge on any atom is -0.487 e. The zero-order valence-corrected chi connectivity index (χ0v) is 14.5. The first-order valence-electron chi connectivity index (χ1n) is 7.92. The van der Waals surface area contributed by atoms with Crippen molar-refractivity contribution in [3.63, 3.8) is 0 Å². The van der Waals surface area contributed by atoms with Gasteiger partial charge in [0.2, 0.25) is 0 Å². The van der Waals surface area contributed by atoms with Gasteiger partial charge in [-0.3, -0.25) is 34.4 Å². The van der Waals surface area contributed by atoms with Gasteiger partial charge in [-0.15, -0.1) is 0 Å². The van der Waals surface area contributed by atoms with Crippen LogP contribution in [-0.4, -0.2) is 40.3 Å². The van der Waals surface area contributed by atoms with Crippen LogP contribution in [0.15, 0.2) is 29.1 Å². The average Bonchev–Trinajstić information content (AvgIpc) is 2.93. The molecule has 1 aromatic carbocycles. The SMILES string of the molecule is Nc1c2c(cc(=O)n1-c1cc(OCC(F)(F)C(F)F)cc([N+](=O)[O-])c1)C(=O)NC2=O. The van der Waals surface area contributed by atoms with Gasteiger partial charge in [-0.2, -0.15) is 8.78 Å². The van der Waals surface area contributed by atoms with Crippen LogP contribution in [0.25, 0.3) is 5.69 Å². The van der Waals surface area contributed by atoms with Crippen LogP contribution < -0.4 is 21.3 Å². The van der Waals surface area contributed by atoms with Crippen molar-refractivity contribution >= 4 is 23.3 Å². The van der Waals surface area contributed by atoms with Crippen LogP contribution in [0.4, 0.5) is 29.1 Å². The van der Waals surface area contributed by atoms with Gasteiger partial charge < -0.3 is 10.5 Å². The number of carbonyl (C=O) groups excluding carboxylic acids is 2. The Morgan fingerprint density at radius 2 is 1.83 bits per heavy atom. The summed E-state index contributed by atoms with van der Waals surface area (Å²) in [5.41, 5.74) is 3.04. The number of hydrogen-bond donors (Lipinski definition) is 2. The first-order chi connectivity index (χ1) is 13.9. The Bertz CT molecular complexity index is 1150. The Morgan fingerprint density at radius 1 is 1.17 bits per heavy atom. The molecule has 0 atom stereocenters. The third-order valence-corrected chi connectivity index (χ3v) is 4.05. The number of non-ortho nitro benzene ring substituents is 1. The number of aromatic nitrogens is 1. The van der Waals surface area contributed by atoms with Crippen molar-refractivity contribution in [3.8, 4) is 11.4 Å². The number of nitrogens with two attached hydrogens (primary N) is 1. The van der Waals surface area contributed by atoms with E-state index in [-0.39, 0.29) is 16.8 Å². The number of benzene rings is 1. The standard InChI is InChI=1S/C16H10F4N4O6/c17-15(18)16(19,20)5-30-8-2-6(1-7(3-8)24(28)29)23-10(25)4-9-11(12(23)21)14(27)22-13(9)26/h1-4,15H,5,21H2,(H,22,26,27). The van der Waals surface area contributed by atoms with E-state index < -0.39 is 58.5 Å². The number of nitrogen functional groups attached to an aromatic ring is 1. The second-order valence-electron chi connectivity index (χ2n) is 6.07. The zero-order valence-electron chi connectivity index (χ0n) is 14.5. The summed E-state index contributed by atoms with van der Waals surface area (Å²) in [4.78, 5) is 46.2. The van der Waals surface area contributed by atoms with Crippen LogP contribution in [0, 0.1) is 10.1 Å². The third-order valence-electron chi connectivity index (χ3n) is 4.05. The molecule has 0 radical (unpaired) electrons. The lowest BCUT2D eigenvalue weighted by Gasteiger charge is -2.17. The summed E-state index contributed by atoms with van der Waals surface area (Å²) in [7, 11) is 0. The molecular formula is C16H10F4N4O6. The highest BCUT2D eigenvalue weighted by molar-refractivity contribution is 6.23. The Labute approximate surface area is 163 Å². The molecule has 0 aliphatic carbocycles. The summed E-state index contributed by atoms with van der Waals surface area (Å²) in [6, 6.07) is 3.11. The number of ether oxygens (including phenoxy) is 1. The molecule has 0 saturated heterocycles. The number of nitrogens with zero attached hydrogens (tertiary/aromatic N) is 2. The van der Waals surface area contributed by atoms with Gasteiger partial charge in [-0.25, -0.2) is 8.78 Å². The predicted octanol–water partition coefficient (Wildman–Crippen LogP) is 1.49. The molecular weight excluding hydrogens is 420 g/mol. The summed E-state index contributed by atoms with van der Waals surface area (Å²) in [6.45, 7) is -1.79. The van der Waals surface area contributed by atoms with E-state index in [1.54, 1.807) is 0 Å². The summed E-state index contributed by atoms with van der Waals surface area (Å²) in [5, 5.41) is 13.1. The van der Waals surface area contributed by atoms with Gasteiger partial charge in [0, 0.05) is 18.2 Å². The maximum absolute atomic E-state index is 13.1. The fourth-order valence-corrected chi connectivity index (χ4v) is 2.67. The van der Waals surface area contributed by atoms with Gasteiger partial charge in [-0.05, 0) is 0 Å². The van der Waals surface area contributed by atoms with Crippen molar-refractivity contribution in [1.29, 1.82) is 0 Å².